The van der Waals surface area contributed by atoms with Gasteiger partial charge in [-0.15, -0.1) is 0 Å². The number of benzene rings is 2. The number of anilines is 1. The van der Waals surface area contributed by atoms with Gasteiger partial charge in [-0.1, -0.05) is 55.3 Å². The summed E-state index contributed by atoms with van der Waals surface area (Å²) >= 11 is 6.49. The first-order valence-corrected chi connectivity index (χ1v) is 11.3. The minimum Gasteiger partial charge on any atom is -0.368 e. The highest BCUT2D eigenvalue weighted by Crippen LogP contribution is 2.29. The van der Waals surface area contributed by atoms with Crippen molar-refractivity contribution in [3.8, 4) is 0 Å². The largest absolute Gasteiger partial charge is 0.368 e. The van der Waals surface area contributed by atoms with E-state index < -0.39 is 0 Å². The van der Waals surface area contributed by atoms with E-state index in [1.807, 2.05) is 36.4 Å². The summed E-state index contributed by atoms with van der Waals surface area (Å²) in [6.07, 6.45) is 1.81. The molecule has 1 fully saturated rings. The normalized spacial score (nSPS) is 15.0. The molecular weight excluding hydrogens is 412 g/mol. The molecule has 2 heterocycles. The van der Waals surface area contributed by atoms with Crippen LogP contribution in [0.4, 0.5) is 5.69 Å². The number of nitrogens with zero attached hydrogens (tertiary/aromatic N) is 4. The minimum absolute atomic E-state index is 0.248. The molecule has 4 rings (SSSR count). The van der Waals surface area contributed by atoms with Gasteiger partial charge in [-0.2, -0.15) is 0 Å². The first-order chi connectivity index (χ1) is 15.0. The zero-order chi connectivity index (χ0) is 22.0. The monoisotopic (exact) mass is 440 g/mol. The second-order valence-corrected chi connectivity index (χ2v) is 8.71. The minimum atomic E-state index is -0.276. The summed E-state index contributed by atoms with van der Waals surface area (Å²) in [5.41, 5.74) is 1.86. The molecule has 1 aliphatic rings. The van der Waals surface area contributed by atoms with Gasteiger partial charge in [0.25, 0.3) is 5.56 Å². The van der Waals surface area contributed by atoms with Crippen molar-refractivity contribution >= 4 is 28.2 Å². The van der Waals surface area contributed by atoms with Gasteiger partial charge in [-0.25, -0.2) is 4.79 Å². The summed E-state index contributed by atoms with van der Waals surface area (Å²) in [5, 5.41) is 1.13. The third-order valence-electron chi connectivity index (χ3n) is 6.04. The van der Waals surface area contributed by atoms with Gasteiger partial charge >= 0.3 is 5.69 Å². The molecule has 0 spiro atoms. The topological polar surface area (TPSA) is 50.5 Å². The van der Waals surface area contributed by atoms with Crippen LogP contribution in [-0.2, 0) is 13.1 Å². The predicted molar refractivity (Wildman–Crippen MR) is 128 cm³/mol. The highest BCUT2D eigenvalue weighted by molar-refractivity contribution is 6.31. The Labute approximate surface area is 187 Å². The summed E-state index contributed by atoms with van der Waals surface area (Å²) in [5.74, 6) is 0. The fourth-order valence-electron chi connectivity index (χ4n) is 4.22. The Morgan fingerprint density at radius 2 is 1.68 bits per heavy atom. The lowest BCUT2D eigenvalue weighted by molar-refractivity contribution is 0.313. The molecule has 1 saturated heterocycles. The quantitative estimate of drug-likeness (QED) is 0.589. The van der Waals surface area contributed by atoms with Crippen LogP contribution in [0.1, 0.15) is 25.3 Å². The molecule has 6 nitrogen and oxygen atoms in total. The van der Waals surface area contributed by atoms with Gasteiger partial charge in [0.2, 0.25) is 0 Å². The van der Waals surface area contributed by atoms with E-state index in [-0.39, 0.29) is 17.8 Å². The highest BCUT2D eigenvalue weighted by Gasteiger charge is 2.22. The lowest BCUT2D eigenvalue weighted by atomic mass is 10.1. The van der Waals surface area contributed by atoms with Gasteiger partial charge < -0.3 is 9.80 Å². The average molecular weight is 441 g/mol. The van der Waals surface area contributed by atoms with Crippen LogP contribution in [0.15, 0.2) is 52.1 Å². The van der Waals surface area contributed by atoms with E-state index in [1.165, 1.54) is 4.57 Å². The number of hydrogen-bond acceptors (Lipinski definition) is 4. The summed E-state index contributed by atoms with van der Waals surface area (Å²) < 4.78 is 3.11. The van der Waals surface area contributed by atoms with E-state index in [4.69, 9.17) is 11.6 Å². The van der Waals surface area contributed by atoms with Crippen LogP contribution in [-0.4, -0.2) is 47.3 Å². The Morgan fingerprint density at radius 1 is 0.968 bits per heavy atom. The molecule has 0 amide bonds. The average Bonchev–Trinajstić information content (AvgIpc) is 2.77. The Bertz CT molecular complexity index is 1180. The van der Waals surface area contributed by atoms with Crippen molar-refractivity contribution in [3.63, 3.8) is 0 Å². The second kappa shape index (κ2) is 9.28. The standard InChI is InChI=1S/C24H29ClN4O2/c1-3-4-10-28-21-16-19(25)15-20(27-13-11-26(2)12-14-27)22(21)23(30)29(24(28)31)17-18-8-6-5-7-9-18/h5-9,15-16H,3-4,10-14,17H2,1-2H3. The molecule has 0 saturated carbocycles. The van der Waals surface area contributed by atoms with E-state index in [2.05, 4.69) is 23.8 Å². The molecule has 0 unspecified atom stereocenters. The molecule has 2 aromatic carbocycles. The maximum absolute atomic E-state index is 13.7. The molecule has 0 radical (unpaired) electrons. The van der Waals surface area contributed by atoms with Crippen LogP contribution < -0.4 is 16.1 Å². The van der Waals surface area contributed by atoms with Gasteiger partial charge in [0, 0.05) is 37.7 Å². The van der Waals surface area contributed by atoms with Gasteiger partial charge in [-0.3, -0.25) is 13.9 Å². The van der Waals surface area contributed by atoms with Crippen LogP contribution in [0.5, 0.6) is 0 Å². The zero-order valence-corrected chi connectivity index (χ0v) is 18.9. The van der Waals surface area contributed by atoms with Crippen molar-refractivity contribution < 1.29 is 0 Å². The van der Waals surface area contributed by atoms with Crippen molar-refractivity contribution in [2.45, 2.75) is 32.9 Å². The molecule has 3 aromatic rings. The Balaban J connectivity index is 1.96. The molecule has 7 heteroatoms. The van der Waals surface area contributed by atoms with Crippen molar-refractivity contribution in [1.29, 1.82) is 0 Å². The maximum Gasteiger partial charge on any atom is 0.331 e. The predicted octanol–water partition coefficient (Wildman–Crippen LogP) is 3.42. The van der Waals surface area contributed by atoms with Crippen molar-refractivity contribution in [1.82, 2.24) is 14.0 Å². The Hall–Kier alpha value is -2.57. The number of fused-ring (bicyclic) bond motifs is 1. The fraction of sp³-hybridized carbons (Fsp3) is 0.417. The van der Waals surface area contributed by atoms with E-state index >= 15 is 0 Å². The molecular formula is C24H29ClN4O2. The van der Waals surface area contributed by atoms with E-state index in [0.717, 1.165) is 50.3 Å². The van der Waals surface area contributed by atoms with Gasteiger partial charge in [0.1, 0.15) is 0 Å². The number of aromatic nitrogens is 2. The molecule has 0 N–H and O–H groups in total. The number of halogens is 1. The maximum atomic E-state index is 13.7. The van der Waals surface area contributed by atoms with Crippen molar-refractivity contribution in [2.75, 3.05) is 38.1 Å². The number of rotatable bonds is 6. The molecule has 1 aliphatic heterocycles. The number of piperazine rings is 1. The lowest BCUT2D eigenvalue weighted by Gasteiger charge is -2.34. The van der Waals surface area contributed by atoms with Crippen LogP contribution in [0.25, 0.3) is 10.9 Å². The zero-order valence-electron chi connectivity index (χ0n) is 18.2. The molecule has 31 heavy (non-hydrogen) atoms. The van der Waals surface area contributed by atoms with E-state index in [0.29, 0.717) is 22.5 Å². The third kappa shape index (κ3) is 4.41. The number of aryl methyl sites for hydroxylation is 1. The summed E-state index contributed by atoms with van der Waals surface area (Å²) in [6.45, 7) is 6.38. The first-order valence-electron chi connectivity index (χ1n) is 10.9. The summed E-state index contributed by atoms with van der Waals surface area (Å²) in [4.78, 5) is 31.6. The van der Waals surface area contributed by atoms with Crippen LogP contribution >= 0.6 is 11.6 Å². The summed E-state index contributed by atoms with van der Waals surface area (Å²) in [7, 11) is 2.10. The van der Waals surface area contributed by atoms with E-state index in [1.54, 1.807) is 10.6 Å². The molecule has 0 aliphatic carbocycles. The summed E-state index contributed by atoms with van der Waals surface area (Å²) in [6, 6.07) is 13.3. The van der Waals surface area contributed by atoms with Crippen molar-refractivity contribution in [2.24, 2.45) is 0 Å². The second-order valence-electron chi connectivity index (χ2n) is 8.27. The Morgan fingerprint density at radius 3 is 2.35 bits per heavy atom. The smallest absolute Gasteiger partial charge is 0.331 e. The highest BCUT2D eigenvalue weighted by atomic mass is 35.5. The van der Waals surface area contributed by atoms with Gasteiger partial charge in [0.15, 0.2) is 0 Å². The molecule has 1 aromatic heterocycles. The van der Waals surface area contributed by atoms with Gasteiger partial charge in [0.05, 0.1) is 23.1 Å². The first kappa shape index (κ1) is 21.7. The Kier molecular flexibility index (Phi) is 6.49. The van der Waals surface area contributed by atoms with E-state index in [9.17, 15) is 9.59 Å². The SMILES string of the molecule is CCCCn1c(=O)n(Cc2ccccc2)c(=O)c2c(N3CCN(C)CC3)cc(Cl)cc21. The van der Waals surface area contributed by atoms with Crippen LogP contribution in [0.3, 0.4) is 0 Å². The van der Waals surface area contributed by atoms with Crippen LogP contribution in [0, 0.1) is 0 Å². The van der Waals surface area contributed by atoms with Crippen LogP contribution in [0.2, 0.25) is 5.02 Å². The molecule has 0 bridgehead atoms. The number of likely N-dealkylation sites (N-methyl/N-ethyl adjacent to an activating group) is 1. The number of unbranched alkanes of at least 4 members (excludes halogenated alkanes) is 1. The third-order valence-corrected chi connectivity index (χ3v) is 6.25. The van der Waals surface area contributed by atoms with Gasteiger partial charge in [-0.05, 0) is 31.2 Å². The number of hydrogen-bond donors (Lipinski definition) is 0. The lowest BCUT2D eigenvalue weighted by Crippen LogP contribution is -2.46. The molecule has 0 atom stereocenters. The molecule has 164 valence electrons. The fourth-order valence-corrected chi connectivity index (χ4v) is 4.42. The van der Waals surface area contributed by atoms with Crippen molar-refractivity contribution in [3.05, 3.63) is 73.9 Å².